The second-order valence-electron chi connectivity index (χ2n) is 7.96. The van der Waals surface area contributed by atoms with Gasteiger partial charge >= 0.3 is 0 Å². The second kappa shape index (κ2) is 7.81. The van der Waals surface area contributed by atoms with E-state index in [4.69, 9.17) is 4.74 Å². The molecule has 0 amide bonds. The number of rotatable bonds is 3. The van der Waals surface area contributed by atoms with Crippen molar-refractivity contribution in [1.29, 1.82) is 0 Å². The van der Waals surface area contributed by atoms with Crippen LogP contribution < -0.4 is 4.74 Å². The van der Waals surface area contributed by atoms with Gasteiger partial charge in [0.1, 0.15) is 11.9 Å². The Hall–Kier alpha value is -1.84. The molecule has 0 bridgehead atoms. The summed E-state index contributed by atoms with van der Waals surface area (Å²) in [5, 5.41) is 0. The lowest BCUT2D eigenvalue weighted by atomic mass is 10.0. The van der Waals surface area contributed by atoms with Crippen molar-refractivity contribution in [3.63, 3.8) is 0 Å². The van der Waals surface area contributed by atoms with Crippen molar-refractivity contribution in [1.82, 2.24) is 9.80 Å². The lowest BCUT2D eigenvalue weighted by Crippen LogP contribution is -2.46. The fourth-order valence-electron chi connectivity index (χ4n) is 4.38. The number of piperidine rings is 1. The summed E-state index contributed by atoms with van der Waals surface area (Å²) in [5.41, 5.74) is 4.09. The van der Waals surface area contributed by atoms with E-state index in [-0.39, 0.29) is 6.10 Å². The summed E-state index contributed by atoms with van der Waals surface area (Å²) in [6.07, 6.45) is 2.75. The molecule has 3 nitrogen and oxygen atoms in total. The van der Waals surface area contributed by atoms with Crippen LogP contribution >= 0.6 is 0 Å². The lowest BCUT2D eigenvalue weighted by molar-refractivity contribution is 0.0759. The number of ether oxygens (including phenoxy) is 1. The number of nitrogens with zero attached hydrogens (tertiary/aromatic N) is 2. The standard InChI is InChI=1S/C23H30N2O/c1-18-8-9-23-21(14-18)17-25(15-19(2)26-23)22-10-12-24(13-11-22)16-20-6-4-3-5-7-20/h3-9,14,19,22H,10-13,15-17H2,1-2H3. The monoisotopic (exact) mass is 350 g/mol. The fourth-order valence-corrected chi connectivity index (χ4v) is 4.38. The van der Waals surface area contributed by atoms with E-state index in [1.54, 1.807) is 0 Å². The summed E-state index contributed by atoms with van der Waals surface area (Å²) in [4.78, 5) is 5.26. The van der Waals surface area contributed by atoms with Gasteiger partial charge in [-0.2, -0.15) is 0 Å². The van der Waals surface area contributed by atoms with Gasteiger partial charge < -0.3 is 4.74 Å². The SMILES string of the molecule is Cc1ccc2c(c1)CN(C1CCN(Cc3ccccc3)CC1)CC(C)O2. The molecule has 4 rings (SSSR count). The molecule has 2 aromatic rings. The van der Waals surface area contributed by atoms with Crippen molar-refractivity contribution >= 4 is 0 Å². The molecular formula is C23H30N2O. The van der Waals surface area contributed by atoms with E-state index in [2.05, 4.69) is 72.2 Å². The molecule has 0 radical (unpaired) electrons. The first-order valence-electron chi connectivity index (χ1n) is 9.94. The molecule has 0 N–H and O–H groups in total. The number of fused-ring (bicyclic) bond motifs is 1. The molecule has 0 saturated carbocycles. The minimum Gasteiger partial charge on any atom is -0.489 e. The van der Waals surface area contributed by atoms with Crippen molar-refractivity contribution in [3.8, 4) is 5.75 Å². The van der Waals surface area contributed by atoms with E-state index in [1.807, 2.05) is 0 Å². The summed E-state index contributed by atoms with van der Waals surface area (Å²) < 4.78 is 6.18. The molecule has 2 aliphatic rings. The van der Waals surface area contributed by atoms with Crippen LogP contribution in [0.25, 0.3) is 0 Å². The molecule has 138 valence electrons. The second-order valence-corrected chi connectivity index (χ2v) is 7.96. The normalized spacial score (nSPS) is 22.5. The first kappa shape index (κ1) is 17.6. The Morgan fingerprint density at radius 3 is 2.58 bits per heavy atom. The molecule has 0 aliphatic carbocycles. The van der Waals surface area contributed by atoms with Gasteiger partial charge in [-0.25, -0.2) is 0 Å². The Morgan fingerprint density at radius 1 is 1.04 bits per heavy atom. The molecule has 1 unspecified atom stereocenters. The van der Waals surface area contributed by atoms with Gasteiger partial charge in [0.2, 0.25) is 0 Å². The third-order valence-electron chi connectivity index (χ3n) is 5.73. The first-order chi connectivity index (χ1) is 12.7. The maximum Gasteiger partial charge on any atom is 0.124 e. The largest absolute Gasteiger partial charge is 0.489 e. The van der Waals surface area contributed by atoms with Gasteiger partial charge in [0.25, 0.3) is 0 Å². The van der Waals surface area contributed by atoms with Crippen molar-refractivity contribution < 1.29 is 4.74 Å². The van der Waals surface area contributed by atoms with E-state index < -0.39 is 0 Å². The third-order valence-corrected chi connectivity index (χ3v) is 5.73. The van der Waals surface area contributed by atoms with Crippen molar-refractivity contribution in [2.45, 2.75) is 51.9 Å². The Bertz CT molecular complexity index is 722. The molecule has 1 atom stereocenters. The van der Waals surface area contributed by atoms with E-state index >= 15 is 0 Å². The number of aryl methyl sites for hydroxylation is 1. The molecule has 1 fully saturated rings. The van der Waals surface area contributed by atoms with Crippen molar-refractivity contribution in [3.05, 3.63) is 65.2 Å². The topological polar surface area (TPSA) is 15.7 Å². The van der Waals surface area contributed by atoms with E-state index in [9.17, 15) is 0 Å². The molecule has 2 heterocycles. The molecule has 1 saturated heterocycles. The Kier molecular flexibility index (Phi) is 5.28. The molecule has 0 aromatic heterocycles. The Morgan fingerprint density at radius 2 is 1.81 bits per heavy atom. The smallest absolute Gasteiger partial charge is 0.124 e. The van der Waals surface area contributed by atoms with Crippen LogP contribution in [0.4, 0.5) is 0 Å². The molecule has 26 heavy (non-hydrogen) atoms. The zero-order valence-corrected chi connectivity index (χ0v) is 16.0. The van der Waals surface area contributed by atoms with Crippen LogP contribution in [-0.4, -0.2) is 41.6 Å². The van der Waals surface area contributed by atoms with Gasteiger partial charge in [0.15, 0.2) is 0 Å². The molecular weight excluding hydrogens is 320 g/mol. The van der Waals surface area contributed by atoms with Crippen molar-refractivity contribution in [2.75, 3.05) is 19.6 Å². The maximum absolute atomic E-state index is 6.18. The minimum absolute atomic E-state index is 0.251. The van der Waals surface area contributed by atoms with Crippen LogP contribution in [0.2, 0.25) is 0 Å². The van der Waals surface area contributed by atoms with Crippen LogP contribution in [-0.2, 0) is 13.1 Å². The van der Waals surface area contributed by atoms with Gasteiger partial charge in [0.05, 0.1) is 0 Å². The predicted molar refractivity (Wildman–Crippen MR) is 106 cm³/mol. The highest BCUT2D eigenvalue weighted by atomic mass is 16.5. The summed E-state index contributed by atoms with van der Waals surface area (Å²) in [5.74, 6) is 1.08. The van der Waals surface area contributed by atoms with Gasteiger partial charge in [-0.3, -0.25) is 9.80 Å². The summed E-state index contributed by atoms with van der Waals surface area (Å²) in [7, 11) is 0. The van der Waals surface area contributed by atoms with E-state index in [0.29, 0.717) is 6.04 Å². The molecule has 2 aliphatic heterocycles. The third kappa shape index (κ3) is 4.11. The molecule has 0 spiro atoms. The average molecular weight is 351 g/mol. The minimum atomic E-state index is 0.251. The Labute approximate surface area is 157 Å². The first-order valence-corrected chi connectivity index (χ1v) is 9.94. The van der Waals surface area contributed by atoms with Gasteiger partial charge in [-0.15, -0.1) is 0 Å². The quantitative estimate of drug-likeness (QED) is 0.823. The van der Waals surface area contributed by atoms with Crippen molar-refractivity contribution in [2.24, 2.45) is 0 Å². The van der Waals surface area contributed by atoms with Crippen LogP contribution in [0.5, 0.6) is 5.75 Å². The highest BCUT2D eigenvalue weighted by molar-refractivity contribution is 5.37. The zero-order chi connectivity index (χ0) is 17.9. The summed E-state index contributed by atoms with van der Waals surface area (Å²) >= 11 is 0. The van der Waals surface area contributed by atoms with Crippen LogP contribution in [0.15, 0.2) is 48.5 Å². The highest BCUT2D eigenvalue weighted by Gasteiger charge is 2.29. The predicted octanol–water partition coefficient (Wildman–Crippen LogP) is 4.24. The lowest BCUT2D eigenvalue weighted by Gasteiger charge is -2.38. The molecule has 3 heteroatoms. The number of hydrogen-bond acceptors (Lipinski definition) is 3. The number of likely N-dealkylation sites (tertiary alicyclic amines) is 1. The number of benzene rings is 2. The van der Waals surface area contributed by atoms with Crippen LogP contribution in [0, 0.1) is 6.92 Å². The van der Waals surface area contributed by atoms with Gasteiger partial charge in [-0.05, 0) is 51.4 Å². The zero-order valence-electron chi connectivity index (χ0n) is 16.0. The van der Waals surface area contributed by atoms with E-state index in [1.165, 1.54) is 42.6 Å². The average Bonchev–Trinajstić information content (AvgIpc) is 2.81. The Balaban J connectivity index is 1.39. The molecule has 2 aromatic carbocycles. The van der Waals surface area contributed by atoms with Gasteiger partial charge in [-0.1, -0.05) is 48.0 Å². The fraction of sp³-hybridized carbons (Fsp3) is 0.478. The highest BCUT2D eigenvalue weighted by Crippen LogP contribution is 2.29. The van der Waals surface area contributed by atoms with Crippen LogP contribution in [0.3, 0.4) is 0 Å². The number of hydrogen-bond donors (Lipinski definition) is 0. The summed E-state index contributed by atoms with van der Waals surface area (Å²) in [6.45, 7) is 9.86. The maximum atomic E-state index is 6.18. The summed E-state index contributed by atoms with van der Waals surface area (Å²) in [6, 6.07) is 18.1. The van der Waals surface area contributed by atoms with Crippen LogP contribution in [0.1, 0.15) is 36.5 Å². The van der Waals surface area contributed by atoms with E-state index in [0.717, 1.165) is 25.4 Å². The van der Waals surface area contributed by atoms with Gasteiger partial charge in [0, 0.05) is 31.2 Å².